The molecule has 0 spiro atoms. The molecule has 2 heterocycles. The molecule has 2 aromatic rings. The van der Waals surface area contributed by atoms with E-state index in [0.29, 0.717) is 23.8 Å². The summed E-state index contributed by atoms with van der Waals surface area (Å²) in [7, 11) is 0. The molecule has 3 rings (SSSR count). The first kappa shape index (κ1) is 18.1. The van der Waals surface area contributed by atoms with Gasteiger partial charge in [0.15, 0.2) is 0 Å². The van der Waals surface area contributed by atoms with Crippen molar-refractivity contribution >= 4 is 34.8 Å². The molecule has 0 fully saturated rings. The summed E-state index contributed by atoms with van der Waals surface area (Å²) in [5.41, 5.74) is 2.44. The van der Waals surface area contributed by atoms with Crippen molar-refractivity contribution in [3.63, 3.8) is 0 Å². The van der Waals surface area contributed by atoms with E-state index in [0.717, 1.165) is 17.5 Å². The average molecular weight is 374 g/mol. The van der Waals surface area contributed by atoms with Gasteiger partial charge >= 0.3 is 5.97 Å². The number of ether oxygens (including phenoxy) is 1. The van der Waals surface area contributed by atoms with Crippen LogP contribution in [-0.2, 0) is 33.8 Å². The van der Waals surface area contributed by atoms with Crippen LogP contribution < -0.4 is 10.6 Å². The van der Waals surface area contributed by atoms with Crippen LogP contribution in [-0.4, -0.2) is 36.0 Å². The highest BCUT2D eigenvalue weighted by Gasteiger charge is 2.17. The third-order valence-corrected chi connectivity index (χ3v) is 5.10. The van der Waals surface area contributed by atoms with E-state index in [1.54, 1.807) is 24.3 Å². The summed E-state index contributed by atoms with van der Waals surface area (Å²) in [6.45, 7) is 0.844. The highest BCUT2D eigenvalue weighted by Crippen LogP contribution is 2.27. The number of carboxylic acid groups (broad SMARTS) is 1. The zero-order chi connectivity index (χ0) is 18.5. The molecule has 0 saturated heterocycles. The lowest BCUT2D eigenvalue weighted by atomic mass is 10.1. The number of rotatable bonds is 6. The molecule has 3 N–H and O–H groups in total. The second-order valence-corrected chi connectivity index (χ2v) is 7.00. The van der Waals surface area contributed by atoms with Crippen molar-refractivity contribution in [1.29, 1.82) is 0 Å². The fraction of sp³-hybridized carbons (Fsp3) is 0.278. The summed E-state index contributed by atoms with van der Waals surface area (Å²) in [4.78, 5) is 36.3. The molecule has 0 radical (unpaired) electrons. The molecule has 0 saturated carbocycles. The largest absolute Gasteiger partial charge is 0.480 e. The van der Waals surface area contributed by atoms with Gasteiger partial charge in [-0.3, -0.25) is 14.4 Å². The van der Waals surface area contributed by atoms with Crippen molar-refractivity contribution in [2.75, 3.05) is 18.5 Å². The lowest BCUT2D eigenvalue weighted by Gasteiger charge is -2.10. The van der Waals surface area contributed by atoms with Crippen LogP contribution in [0.1, 0.15) is 25.7 Å². The van der Waals surface area contributed by atoms with Crippen molar-refractivity contribution in [2.45, 2.75) is 19.4 Å². The summed E-state index contributed by atoms with van der Waals surface area (Å²) in [6.07, 6.45) is 0.922. The highest BCUT2D eigenvalue weighted by molar-refractivity contribution is 7.14. The lowest BCUT2D eigenvalue weighted by molar-refractivity contribution is -0.137. The minimum atomic E-state index is -1.08. The van der Waals surface area contributed by atoms with E-state index in [2.05, 4.69) is 10.6 Å². The van der Waals surface area contributed by atoms with Crippen LogP contribution in [0.4, 0.5) is 5.69 Å². The Bertz CT molecular complexity index is 805. The number of thiophene rings is 1. The van der Waals surface area contributed by atoms with Crippen molar-refractivity contribution in [1.82, 2.24) is 5.32 Å². The molecule has 0 atom stereocenters. The van der Waals surface area contributed by atoms with Gasteiger partial charge < -0.3 is 20.5 Å². The molecule has 1 aromatic carbocycles. The summed E-state index contributed by atoms with van der Waals surface area (Å²) in [5.74, 6) is -1.62. The second-order valence-electron chi connectivity index (χ2n) is 5.86. The SMILES string of the molecule is O=C(O)CNC(=O)Cc1ccc(NC(=O)c2cc3c(s2)CCOC3)cc1. The first-order valence-corrected chi connectivity index (χ1v) is 8.91. The minimum absolute atomic E-state index is 0.0825. The Hall–Kier alpha value is -2.71. The van der Waals surface area contributed by atoms with Gasteiger partial charge in [-0.2, -0.15) is 0 Å². The summed E-state index contributed by atoms with van der Waals surface area (Å²) in [6, 6.07) is 8.75. The van der Waals surface area contributed by atoms with Crippen molar-refractivity contribution in [2.24, 2.45) is 0 Å². The molecule has 136 valence electrons. The zero-order valence-electron chi connectivity index (χ0n) is 13.9. The van der Waals surface area contributed by atoms with Crippen LogP contribution in [0.2, 0.25) is 0 Å². The number of amides is 2. The number of carboxylic acids is 1. The minimum Gasteiger partial charge on any atom is -0.480 e. The Balaban J connectivity index is 1.57. The van der Waals surface area contributed by atoms with Gasteiger partial charge in [-0.05, 0) is 29.3 Å². The lowest BCUT2D eigenvalue weighted by Crippen LogP contribution is -2.30. The quantitative estimate of drug-likeness (QED) is 0.715. The fourth-order valence-electron chi connectivity index (χ4n) is 2.58. The maximum Gasteiger partial charge on any atom is 0.322 e. The standard InChI is InChI=1S/C18H18N2O5S/c21-16(19-9-17(22)23)7-11-1-3-13(4-2-11)20-18(24)15-8-12-10-25-6-5-14(12)26-15/h1-4,8H,5-7,9-10H2,(H,19,21)(H,20,24)(H,22,23). The number of hydrogen-bond acceptors (Lipinski definition) is 5. The summed E-state index contributed by atoms with van der Waals surface area (Å²) < 4.78 is 5.39. The number of hydrogen-bond donors (Lipinski definition) is 3. The van der Waals surface area contributed by atoms with Gasteiger partial charge in [-0.25, -0.2) is 0 Å². The molecule has 7 nitrogen and oxygen atoms in total. The Labute approximate surface area is 154 Å². The average Bonchev–Trinajstić information content (AvgIpc) is 3.06. The maximum atomic E-state index is 12.4. The van der Waals surface area contributed by atoms with Crippen molar-refractivity contribution in [3.05, 3.63) is 51.2 Å². The first-order chi connectivity index (χ1) is 12.5. The zero-order valence-corrected chi connectivity index (χ0v) is 14.7. The highest BCUT2D eigenvalue weighted by atomic mass is 32.1. The predicted octanol–water partition coefficient (Wildman–Crippen LogP) is 1.82. The van der Waals surface area contributed by atoms with E-state index in [9.17, 15) is 14.4 Å². The third-order valence-electron chi connectivity index (χ3n) is 3.86. The van der Waals surface area contributed by atoms with Gasteiger partial charge in [-0.15, -0.1) is 11.3 Å². The Morgan fingerprint density at radius 1 is 1.19 bits per heavy atom. The molecular weight excluding hydrogens is 356 g/mol. The number of carbonyl (C=O) groups excluding carboxylic acids is 2. The Morgan fingerprint density at radius 2 is 1.96 bits per heavy atom. The molecule has 0 aliphatic carbocycles. The van der Waals surface area contributed by atoms with E-state index < -0.39 is 12.5 Å². The number of benzene rings is 1. The molecule has 2 amide bonds. The van der Waals surface area contributed by atoms with Crippen LogP contribution in [0.3, 0.4) is 0 Å². The van der Waals surface area contributed by atoms with Crippen LogP contribution in [0, 0.1) is 0 Å². The number of fused-ring (bicyclic) bond motifs is 1. The number of anilines is 1. The smallest absolute Gasteiger partial charge is 0.322 e. The first-order valence-electron chi connectivity index (χ1n) is 8.09. The fourth-order valence-corrected chi connectivity index (χ4v) is 3.62. The van der Waals surface area contributed by atoms with Gasteiger partial charge in [-0.1, -0.05) is 12.1 Å². The Kier molecular flexibility index (Phi) is 5.65. The molecule has 1 aliphatic heterocycles. The van der Waals surface area contributed by atoms with Gasteiger partial charge in [0.05, 0.1) is 24.5 Å². The van der Waals surface area contributed by atoms with Gasteiger partial charge in [0, 0.05) is 17.0 Å². The molecule has 0 unspecified atom stereocenters. The van der Waals surface area contributed by atoms with Crippen LogP contribution in [0.25, 0.3) is 0 Å². The van der Waals surface area contributed by atoms with Crippen molar-refractivity contribution in [3.8, 4) is 0 Å². The molecule has 1 aromatic heterocycles. The third kappa shape index (κ3) is 4.68. The van der Waals surface area contributed by atoms with Gasteiger partial charge in [0.1, 0.15) is 6.54 Å². The van der Waals surface area contributed by atoms with Gasteiger partial charge in [0.25, 0.3) is 5.91 Å². The van der Waals surface area contributed by atoms with E-state index in [4.69, 9.17) is 9.84 Å². The topological polar surface area (TPSA) is 105 Å². The molecule has 1 aliphatic rings. The predicted molar refractivity (Wildman–Crippen MR) is 96.4 cm³/mol. The Morgan fingerprint density at radius 3 is 2.65 bits per heavy atom. The number of nitrogens with one attached hydrogen (secondary N) is 2. The normalized spacial score (nSPS) is 12.9. The van der Waals surface area contributed by atoms with Crippen LogP contribution in [0.15, 0.2) is 30.3 Å². The van der Waals surface area contributed by atoms with E-state index in [-0.39, 0.29) is 18.2 Å². The van der Waals surface area contributed by atoms with Crippen molar-refractivity contribution < 1.29 is 24.2 Å². The summed E-state index contributed by atoms with van der Waals surface area (Å²) >= 11 is 1.49. The van der Waals surface area contributed by atoms with E-state index in [1.165, 1.54) is 16.2 Å². The number of carbonyl (C=O) groups is 3. The second kappa shape index (κ2) is 8.11. The molecule has 8 heteroatoms. The number of aliphatic carboxylic acids is 1. The summed E-state index contributed by atoms with van der Waals surface area (Å²) in [5, 5.41) is 13.7. The maximum absolute atomic E-state index is 12.4. The molecular formula is C18H18N2O5S. The molecule has 0 bridgehead atoms. The molecule has 26 heavy (non-hydrogen) atoms. The van der Waals surface area contributed by atoms with Crippen LogP contribution >= 0.6 is 11.3 Å². The van der Waals surface area contributed by atoms with E-state index >= 15 is 0 Å². The van der Waals surface area contributed by atoms with Gasteiger partial charge in [0.2, 0.25) is 5.91 Å². The van der Waals surface area contributed by atoms with E-state index in [1.807, 2.05) is 6.07 Å². The van der Waals surface area contributed by atoms with Crippen LogP contribution in [0.5, 0.6) is 0 Å². The monoisotopic (exact) mass is 374 g/mol.